The average Bonchev–Trinajstić information content (AvgIpc) is 2.26. The minimum absolute atomic E-state index is 0.00551. The van der Waals surface area contributed by atoms with Gasteiger partial charge in [-0.1, -0.05) is 0 Å². The van der Waals surface area contributed by atoms with E-state index in [4.69, 9.17) is 4.74 Å². The Morgan fingerprint density at radius 2 is 2.00 bits per heavy atom. The molecule has 0 aromatic heterocycles. The van der Waals surface area contributed by atoms with Gasteiger partial charge in [-0.25, -0.2) is 4.79 Å². The third-order valence-corrected chi connectivity index (χ3v) is 2.20. The predicted molar refractivity (Wildman–Crippen MR) is 59.1 cm³/mol. The van der Waals surface area contributed by atoms with E-state index < -0.39 is 6.09 Å². The molecule has 1 fully saturated rings. The van der Waals surface area contributed by atoms with Gasteiger partial charge in [-0.3, -0.25) is 4.79 Å². The summed E-state index contributed by atoms with van der Waals surface area (Å²) in [6.07, 6.45) is -0.715. The van der Waals surface area contributed by atoms with Crippen LogP contribution in [0.2, 0.25) is 0 Å². The zero-order valence-electron chi connectivity index (χ0n) is 9.78. The summed E-state index contributed by atoms with van der Waals surface area (Å²) in [6.45, 7) is 6.53. The predicted octanol–water partition coefficient (Wildman–Crippen LogP) is -0.447. The molecule has 0 aromatic rings. The Morgan fingerprint density at radius 3 is 2.56 bits per heavy atom. The molecule has 0 aliphatic carbocycles. The molecule has 1 saturated heterocycles. The molecule has 1 rings (SSSR count). The van der Waals surface area contributed by atoms with E-state index in [1.807, 2.05) is 0 Å². The fourth-order valence-corrected chi connectivity index (χ4v) is 1.43. The summed E-state index contributed by atoms with van der Waals surface area (Å²) in [5.41, 5.74) is 0. The summed E-state index contributed by atoms with van der Waals surface area (Å²) in [4.78, 5) is 24.5. The number of alkyl carbamates (subject to hydrolysis) is 1. The number of nitrogens with zero attached hydrogens (tertiary/aromatic N) is 1. The second kappa shape index (κ2) is 6.32. The number of carbonyl (C=O) groups is 2. The third-order valence-electron chi connectivity index (χ3n) is 2.20. The first kappa shape index (κ1) is 12.8. The van der Waals surface area contributed by atoms with Crippen molar-refractivity contribution in [3.05, 3.63) is 0 Å². The monoisotopic (exact) mass is 229 g/mol. The molecule has 1 aliphatic rings. The molecule has 2 amide bonds. The highest BCUT2D eigenvalue weighted by Crippen LogP contribution is 1.93. The maximum atomic E-state index is 11.6. The summed E-state index contributed by atoms with van der Waals surface area (Å²) >= 11 is 0. The van der Waals surface area contributed by atoms with E-state index >= 15 is 0 Å². The molecule has 16 heavy (non-hydrogen) atoms. The van der Waals surface area contributed by atoms with Gasteiger partial charge in [0.25, 0.3) is 0 Å². The lowest BCUT2D eigenvalue weighted by atomic mass is 10.3. The van der Waals surface area contributed by atoms with Gasteiger partial charge in [-0.05, 0) is 13.8 Å². The van der Waals surface area contributed by atoms with Crippen LogP contribution in [0.25, 0.3) is 0 Å². The fraction of sp³-hybridized carbons (Fsp3) is 0.800. The molecule has 0 spiro atoms. The summed E-state index contributed by atoms with van der Waals surface area (Å²) in [6, 6.07) is 0. The highest BCUT2D eigenvalue weighted by molar-refractivity contribution is 5.82. The lowest BCUT2D eigenvalue weighted by Gasteiger charge is -2.27. The topological polar surface area (TPSA) is 70.7 Å². The Labute approximate surface area is 95.3 Å². The molecular weight excluding hydrogens is 210 g/mol. The molecule has 0 bridgehead atoms. The van der Waals surface area contributed by atoms with Crippen LogP contribution in [-0.2, 0) is 9.53 Å². The largest absolute Gasteiger partial charge is 0.447 e. The molecule has 1 heterocycles. The van der Waals surface area contributed by atoms with Gasteiger partial charge >= 0.3 is 6.09 Å². The number of piperazine rings is 1. The van der Waals surface area contributed by atoms with Gasteiger partial charge in [-0.2, -0.15) is 0 Å². The molecule has 0 aromatic carbocycles. The second-order valence-corrected chi connectivity index (χ2v) is 3.94. The zero-order chi connectivity index (χ0) is 12.0. The molecular formula is C10H19N3O3. The highest BCUT2D eigenvalue weighted by Gasteiger charge is 2.16. The molecule has 0 radical (unpaired) electrons. The van der Waals surface area contributed by atoms with Gasteiger partial charge in [0.1, 0.15) is 6.54 Å². The minimum atomic E-state index is -0.543. The molecule has 0 saturated carbocycles. The number of hydrogen-bond acceptors (Lipinski definition) is 4. The molecule has 6 heteroatoms. The van der Waals surface area contributed by atoms with Crippen LogP contribution < -0.4 is 10.6 Å². The number of carbonyl (C=O) groups excluding carboxylic acids is 2. The maximum absolute atomic E-state index is 11.6. The van der Waals surface area contributed by atoms with Gasteiger partial charge in [0.15, 0.2) is 0 Å². The normalized spacial score (nSPS) is 16.1. The SMILES string of the molecule is CC(C)OC(=O)NCC(=O)N1CCNCC1. The maximum Gasteiger partial charge on any atom is 0.407 e. The van der Waals surface area contributed by atoms with E-state index in [9.17, 15) is 9.59 Å². The zero-order valence-corrected chi connectivity index (χ0v) is 9.78. The van der Waals surface area contributed by atoms with E-state index in [0.29, 0.717) is 13.1 Å². The van der Waals surface area contributed by atoms with Crippen LogP contribution in [0.5, 0.6) is 0 Å². The molecule has 2 N–H and O–H groups in total. The molecule has 6 nitrogen and oxygen atoms in total. The Kier molecular flexibility index (Phi) is 5.04. The van der Waals surface area contributed by atoms with E-state index in [-0.39, 0.29) is 18.6 Å². The Morgan fingerprint density at radius 1 is 1.38 bits per heavy atom. The van der Waals surface area contributed by atoms with Crippen LogP contribution >= 0.6 is 0 Å². The first-order chi connectivity index (χ1) is 7.59. The van der Waals surface area contributed by atoms with Gasteiger partial charge in [0.2, 0.25) is 5.91 Å². The number of amides is 2. The molecule has 92 valence electrons. The van der Waals surface area contributed by atoms with Crippen molar-refractivity contribution in [2.24, 2.45) is 0 Å². The van der Waals surface area contributed by atoms with E-state index in [2.05, 4.69) is 10.6 Å². The Bertz CT molecular complexity index is 250. The van der Waals surface area contributed by atoms with Crippen molar-refractivity contribution < 1.29 is 14.3 Å². The summed E-state index contributed by atoms with van der Waals surface area (Å²) < 4.78 is 4.85. The summed E-state index contributed by atoms with van der Waals surface area (Å²) in [5, 5.41) is 5.59. The van der Waals surface area contributed by atoms with Crippen molar-refractivity contribution in [1.29, 1.82) is 0 Å². The minimum Gasteiger partial charge on any atom is -0.447 e. The van der Waals surface area contributed by atoms with Crippen molar-refractivity contribution in [3.63, 3.8) is 0 Å². The average molecular weight is 229 g/mol. The van der Waals surface area contributed by atoms with Crippen LogP contribution in [0.15, 0.2) is 0 Å². The van der Waals surface area contributed by atoms with Crippen LogP contribution in [0, 0.1) is 0 Å². The number of nitrogens with one attached hydrogen (secondary N) is 2. The number of hydrogen-bond donors (Lipinski definition) is 2. The highest BCUT2D eigenvalue weighted by atomic mass is 16.6. The molecule has 0 unspecified atom stereocenters. The first-order valence-corrected chi connectivity index (χ1v) is 5.52. The van der Waals surface area contributed by atoms with Gasteiger partial charge in [0.05, 0.1) is 6.10 Å². The van der Waals surface area contributed by atoms with Crippen molar-refractivity contribution in [2.45, 2.75) is 20.0 Å². The van der Waals surface area contributed by atoms with E-state index in [1.165, 1.54) is 0 Å². The quantitative estimate of drug-likeness (QED) is 0.688. The van der Waals surface area contributed by atoms with Gasteiger partial charge in [0, 0.05) is 26.2 Å². The van der Waals surface area contributed by atoms with Crippen molar-refractivity contribution in [2.75, 3.05) is 32.7 Å². The van der Waals surface area contributed by atoms with Crippen LogP contribution in [0.1, 0.15) is 13.8 Å². The molecule has 1 aliphatic heterocycles. The number of ether oxygens (including phenoxy) is 1. The van der Waals surface area contributed by atoms with Crippen molar-refractivity contribution >= 4 is 12.0 Å². The lowest BCUT2D eigenvalue weighted by Crippen LogP contribution is -2.49. The second-order valence-electron chi connectivity index (χ2n) is 3.94. The van der Waals surface area contributed by atoms with Gasteiger partial charge in [-0.15, -0.1) is 0 Å². The third kappa shape index (κ3) is 4.48. The Balaban J connectivity index is 2.21. The summed E-state index contributed by atoms with van der Waals surface area (Å²) in [7, 11) is 0. The fourth-order valence-electron chi connectivity index (χ4n) is 1.43. The number of rotatable bonds is 3. The van der Waals surface area contributed by atoms with Crippen LogP contribution in [-0.4, -0.2) is 55.7 Å². The standard InChI is InChI=1S/C10H19N3O3/c1-8(2)16-10(15)12-7-9(14)13-5-3-11-4-6-13/h8,11H,3-7H2,1-2H3,(H,12,15). The van der Waals surface area contributed by atoms with Crippen LogP contribution in [0.4, 0.5) is 4.79 Å². The van der Waals surface area contributed by atoms with Crippen LogP contribution in [0.3, 0.4) is 0 Å². The lowest BCUT2D eigenvalue weighted by molar-refractivity contribution is -0.130. The van der Waals surface area contributed by atoms with Gasteiger partial charge < -0.3 is 20.3 Å². The van der Waals surface area contributed by atoms with Crippen molar-refractivity contribution in [1.82, 2.24) is 15.5 Å². The van der Waals surface area contributed by atoms with E-state index in [0.717, 1.165) is 13.1 Å². The first-order valence-electron chi connectivity index (χ1n) is 5.52. The summed E-state index contributed by atoms with van der Waals surface area (Å²) in [5.74, 6) is -0.0674. The van der Waals surface area contributed by atoms with E-state index in [1.54, 1.807) is 18.7 Å². The molecule has 0 atom stereocenters. The van der Waals surface area contributed by atoms with Crippen molar-refractivity contribution in [3.8, 4) is 0 Å². The smallest absolute Gasteiger partial charge is 0.407 e. The Hall–Kier alpha value is -1.30.